The van der Waals surface area contributed by atoms with Gasteiger partial charge >= 0.3 is 0 Å². The van der Waals surface area contributed by atoms with Crippen molar-refractivity contribution in [2.24, 2.45) is 5.14 Å². The number of rotatable bonds is 5. The Morgan fingerprint density at radius 2 is 2.10 bits per heavy atom. The van der Waals surface area contributed by atoms with Gasteiger partial charge in [-0.1, -0.05) is 12.1 Å². The Kier molecular flexibility index (Phi) is 4.98. The molecule has 0 saturated carbocycles. The topological polar surface area (TPSA) is 72.2 Å². The highest BCUT2D eigenvalue weighted by atomic mass is 79.9. The van der Waals surface area contributed by atoms with E-state index in [4.69, 9.17) is 5.14 Å². The molecule has 20 heavy (non-hydrogen) atoms. The zero-order valence-corrected chi connectivity index (χ0v) is 14.1. The first-order chi connectivity index (χ1) is 9.36. The number of benzene rings is 1. The molecular weight excluding hydrogens is 360 g/mol. The summed E-state index contributed by atoms with van der Waals surface area (Å²) in [5, 5.41) is 8.50. The third-order valence-corrected chi connectivity index (χ3v) is 5.43. The molecule has 0 aliphatic carbocycles. The first-order valence-corrected chi connectivity index (χ1v) is 9.12. The van der Waals surface area contributed by atoms with Gasteiger partial charge in [0.15, 0.2) is 0 Å². The SMILES string of the molecule is CC(NCc1ccc(Br)s1)c1cccc(S(N)(=O)=O)c1. The maximum Gasteiger partial charge on any atom is 0.238 e. The molecule has 1 unspecified atom stereocenters. The molecule has 108 valence electrons. The minimum absolute atomic E-state index is 0.0394. The van der Waals surface area contributed by atoms with Crippen LogP contribution in [0.25, 0.3) is 0 Å². The molecule has 0 radical (unpaired) electrons. The third-order valence-electron chi connectivity index (χ3n) is 2.90. The molecule has 7 heteroatoms. The van der Waals surface area contributed by atoms with Crippen LogP contribution in [0, 0.1) is 0 Å². The third kappa shape index (κ3) is 4.13. The fourth-order valence-electron chi connectivity index (χ4n) is 1.78. The molecule has 2 aromatic rings. The molecule has 0 aliphatic heterocycles. The van der Waals surface area contributed by atoms with E-state index in [1.54, 1.807) is 23.5 Å². The predicted molar refractivity (Wildman–Crippen MR) is 85.1 cm³/mol. The van der Waals surface area contributed by atoms with Gasteiger partial charge in [-0.25, -0.2) is 13.6 Å². The second-order valence-electron chi connectivity index (χ2n) is 4.43. The lowest BCUT2D eigenvalue weighted by Gasteiger charge is -2.14. The van der Waals surface area contributed by atoms with Crippen LogP contribution in [0.1, 0.15) is 23.4 Å². The Bertz CT molecular complexity index is 698. The molecule has 0 spiro atoms. The maximum atomic E-state index is 11.3. The molecule has 0 fully saturated rings. The van der Waals surface area contributed by atoms with Crippen LogP contribution in [0.2, 0.25) is 0 Å². The summed E-state index contributed by atoms with van der Waals surface area (Å²) >= 11 is 5.10. The number of halogens is 1. The van der Waals surface area contributed by atoms with Crippen LogP contribution in [-0.4, -0.2) is 8.42 Å². The summed E-state index contributed by atoms with van der Waals surface area (Å²) in [6.45, 7) is 2.72. The second-order valence-corrected chi connectivity index (χ2v) is 8.53. The van der Waals surface area contributed by atoms with Gasteiger partial charge in [-0.15, -0.1) is 11.3 Å². The largest absolute Gasteiger partial charge is 0.305 e. The van der Waals surface area contributed by atoms with Crippen molar-refractivity contribution in [3.8, 4) is 0 Å². The highest BCUT2D eigenvalue weighted by Gasteiger charge is 2.11. The smallest absolute Gasteiger partial charge is 0.238 e. The first kappa shape index (κ1) is 15.7. The van der Waals surface area contributed by atoms with Crippen molar-refractivity contribution >= 4 is 37.3 Å². The molecule has 2 rings (SSSR count). The monoisotopic (exact) mass is 374 g/mol. The molecule has 0 saturated heterocycles. The fraction of sp³-hybridized carbons (Fsp3) is 0.231. The van der Waals surface area contributed by atoms with Crippen LogP contribution >= 0.6 is 27.3 Å². The van der Waals surface area contributed by atoms with E-state index >= 15 is 0 Å². The molecule has 0 aliphatic rings. The van der Waals surface area contributed by atoms with Crippen LogP contribution in [0.4, 0.5) is 0 Å². The molecule has 3 N–H and O–H groups in total. The molecule has 1 aromatic heterocycles. The number of nitrogens with two attached hydrogens (primary N) is 1. The van der Waals surface area contributed by atoms with Crippen LogP contribution in [0.15, 0.2) is 45.1 Å². The second kappa shape index (κ2) is 6.36. The van der Waals surface area contributed by atoms with Crippen molar-refractivity contribution in [2.45, 2.75) is 24.4 Å². The minimum Gasteiger partial charge on any atom is -0.305 e. The molecule has 1 heterocycles. The molecule has 1 aromatic carbocycles. The Morgan fingerprint density at radius 3 is 2.70 bits per heavy atom. The van der Waals surface area contributed by atoms with E-state index in [1.165, 1.54) is 10.9 Å². The first-order valence-electron chi connectivity index (χ1n) is 5.96. The zero-order valence-electron chi connectivity index (χ0n) is 10.8. The zero-order chi connectivity index (χ0) is 14.8. The minimum atomic E-state index is -3.65. The fourth-order valence-corrected chi connectivity index (χ4v) is 3.78. The van der Waals surface area contributed by atoms with E-state index in [-0.39, 0.29) is 10.9 Å². The summed E-state index contributed by atoms with van der Waals surface area (Å²) in [4.78, 5) is 1.36. The average Bonchev–Trinajstić information content (AvgIpc) is 2.81. The number of hydrogen-bond acceptors (Lipinski definition) is 4. The molecular formula is C13H15BrN2O2S2. The van der Waals surface area contributed by atoms with Crippen LogP contribution in [0.5, 0.6) is 0 Å². The van der Waals surface area contributed by atoms with E-state index in [0.29, 0.717) is 0 Å². The molecule has 1 atom stereocenters. The lowest BCUT2D eigenvalue weighted by molar-refractivity contribution is 0.576. The average molecular weight is 375 g/mol. The number of primary sulfonamides is 1. The van der Waals surface area contributed by atoms with E-state index in [1.807, 2.05) is 19.1 Å². The summed E-state index contributed by atoms with van der Waals surface area (Å²) in [5.41, 5.74) is 0.896. The quantitative estimate of drug-likeness (QED) is 0.844. The van der Waals surface area contributed by atoms with Gasteiger partial charge in [0, 0.05) is 17.5 Å². The van der Waals surface area contributed by atoms with Gasteiger partial charge in [0.1, 0.15) is 0 Å². The van der Waals surface area contributed by atoms with Crippen molar-refractivity contribution in [3.05, 3.63) is 50.6 Å². The lowest BCUT2D eigenvalue weighted by Crippen LogP contribution is -2.18. The number of hydrogen-bond donors (Lipinski definition) is 2. The van der Waals surface area contributed by atoms with Gasteiger partial charge < -0.3 is 5.32 Å². The van der Waals surface area contributed by atoms with Crippen LogP contribution in [-0.2, 0) is 16.6 Å². The highest BCUT2D eigenvalue weighted by Crippen LogP contribution is 2.23. The van der Waals surface area contributed by atoms with Crippen molar-refractivity contribution in [3.63, 3.8) is 0 Å². The summed E-state index contributed by atoms with van der Waals surface area (Å²) in [6, 6.07) is 10.8. The Morgan fingerprint density at radius 1 is 1.35 bits per heavy atom. The summed E-state index contributed by atoms with van der Waals surface area (Å²) in [6.07, 6.45) is 0. The highest BCUT2D eigenvalue weighted by molar-refractivity contribution is 9.11. The molecule has 0 bridgehead atoms. The van der Waals surface area contributed by atoms with Gasteiger partial charge in [0.2, 0.25) is 10.0 Å². The molecule has 0 amide bonds. The van der Waals surface area contributed by atoms with Crippen molar-refractivity contribution in [1.82, 2.24) is 5.32 Å². The number of thiophene rings is 1. The molecule has 4 nitrogen and oxygen atoms in total. The Labute approximate surface area is 131 Å². The van der Waals surface area contributed by atoms with Gasteiger partial charge in [-0.05, 0) is 52.7 Å². The Hall–Kier alpha value is -0.730. The summed E-state index contributed by atoms with van der Waals surface area (Å²) < 4.78 is 23.8. The van der Waals surface area contributed by atoms with E-state index in [9.17, 15) is 8.42 Å². The van der Waals surface area contributed by atoms with Gasteiger partial charge in [-0.3, -0.25) is 0 Å². The van der Waals surface area contributed by atoms with E-state index in [2.05, 4.69) is 27.3 Å². The normalized spacial score (nSPS) is 13.3. The van der Waals surface area contributed by atoms with Crippen molar-refractivity contribution < 1.29 is 8.42 Å². The lowest BCUT2D eigenvalue weighted by atomic mass is 10.1. The van der Waals surface area contributed by atoms with Gasteiger partial charge in [0.25, 0.3) is 0 Å². The standard InChI is InChI=1S/C13H15BrN2O2S2/c1-9(16-8-11-5-6-13(14)19-11)10-3-2-4-12(7-10)20(15,17)18/h2-7,9,16H,8H2,1H3,(H2,15,17,18). The van der Waals surface area contributed by atoms with Crippen LogP contribution in [0.3, 0.4) is 0 Å². The maximum absolute atomic E-state index is 11.3. The number of nitrogens with one attached hydrogen (secondary N) is 1. The van der Waals surface area contributed by atoms with E-state index < -0.39 is 10.0 Å². The van der Waals surface area contributed by atoms with Crippen molar-refractivity contribution in [2.75, 3.05) is 0 Å². The van der Waals surface area contributed by atoms with E-state index in [0.717, 1.165) is 15.9 Å². The summed E-state index contributed by atoms with van der Waals surface area (Å²) in [7, 11) is -3.65. The van der Waals surface area contributed by atoms with Gasteiger partial charge in [-0.2, -0.15) is 0 Å². The van der Waals surface area contributed by atoms with Crippen molar-refractivity contribution in [1.29, 1.82) is 0 Å². The number of sulfonamides is 1. The van der Waals surface area contributed by atoms with Crippen LogP contribution < -0.4 is 10.5 Å². The summed E-state index contributed by atoms with van der Waals surface area (Å²) in [5.74, 6) is 0. The predicted octanol–water partition coefficient (Wildman–Crippen LogP) is 3.01. The Balaban J connectivity index is 2.07. The van der Waals surface area contributed by atoms with Gasteiger partial charge in [0.05, 0.1) is 8.68 Å².